The van der Waals surface area contributed by atoms with Crippen LogP contribution < -0.4 is 10.2 Å². The minimum absolute atomic E-state index is 0.108. The van der Waals surface area contributed by atoms with Crippen LogP contribution in [0.25, 0.3) is 0 Å². The minimum Gasteiger partial charge on any atom is -0.371 e. The molecule has 1 aromatic rings. The van der Waals surface area contributed by atoms with Crippen molar-refractivity contribution in [3.63, 3.8) is 0 Å². The van der Waals surface area contributed by atoms with E-state index < -0.39 is 0 Å². The first-order valence-corrected chi connectivity index (χ1v) is 7.29. The summed E-state index contributed by atoms with van der Waals surface area (Å²) < 4.78 is 13.9. The van der Waals surface area contributed by atoms with Gasteiger partial charge in [0.2, 0.25) is 0 Å². The number of rotatable bonds is 6. The highest BCUT2D eigenvalue weighted by atomic mass is 19.1. The van der Waals surface area contributed by atoms with E-state index >= 15 is 0 Å². The quantitative estimate of drug-likeness (QED) is 0.843. The fourth-order valence-electron chi connectivity index (χ4n) is 2.47. The van der Waals surface area contributed by atoms with Crippen LogP contribution in [0.1, 0.15) is 43.9 Å². The number of hydrogen-bond donors (Lipinski definition) is 1. The summed E-state index contributed by atoms with van der Waals surface area (Å²) in [4.78, 5) is 2.40. The Labute approximate surface area is 116 Å². The van der Waals surface area contributed by atoms with Crippen LogP contribution in [-0.2, 0) is 0 Å². The summed E-state index contributed by atoms with van der Waals surface area (Å²) in [5.41, 5.74) is 2.99. The maximum atomic E-state index is 13.9. The number of anilines is 1. The largest absolute Gasteiger partial charge is 0.371 e. The summed E-state index contributed by atoms with van der Waals surface area (Å²) in [6.07, 6.45) is 2.68. The summed E-state index contributed by atoms with van der Waals surface area (Å²) in [5, 5.41) is 3.22. The summed E-state index contributed by atoms with van der Waals surface area (Å²) in [7, 11) is 1.92. The maximum absolute atomic E-state index is 13.9. The minimum atomic E-state index is -0.108. The molecule has 0 spiro atoms. The molecule has 1 N–H and O–H groups in total. The van der Waals surface area contributed by atoms with E-state index in [4.69, 9.17) is 0 Å². The van der Waals surface area contributed by atoms with Gasteiger partial charge in [0.15, 0.2) is 0 Å². The highest BCUT2D eigenvalue weighted by molar-refractivity contribution is 5.57. The number of nitrogens with zero attached hydrogens (tertiary/aromatic N) is 1. The molecule has 0 amide bonds. The Balaban J connectivity index is 2.36. The van der Waals surface area contributed by atoms with Crippen molar-refractivity contribution >= 4 is 5.69 Å². The Morgan fingerprint density at radius 2 is 2.11 bits per heavy atom. The van der Waals surface area contributed by atoms with E-state index in [0.717, 1.165) is 30.1 Å². The molecule has 1 aliphatic rings. The third kappa shape index (κ3) is 3.27. The normalized spacial score (nSPS) is 16.5. The van der Waals surface area contributed by atoms with Gasteiger partial charge >= 0.3 is 0 Å². The fraction of sp³-hybridized carbons (Fsp3) is 0.625. The first-order chi connectivity index (χ1) is 9.06. The second kappa shape index (κ2) is 5.91. The van der Waals surface area contributed by atoms with E-state index in [0.29, 0.717) is 0 Å². The number of nitrogens with one attached hydrogen (secondary N) is 1. The molecule has 1 aliphatic carbocycles. The summed E-state index contributed by atoms with van der Waals surface area (Å²) in [6.45, 7) is 8.18. The highest BCUT2D eigenvalue weighted by Crippen LogP contribution is 2.34. The molecule has 19 heavy (non-hydrogen) atoms. The van der Waals surface area contributed by atoms with E-state index in [9.17, 15) is 4.39 Å². The van der Waals surface area contributed by atoms with Gasteiger partial charge in [-0.05, 0) is 69.8 Å². The summed E-state index contributed by atoms with van der Waals surface area (Å²) in [6, 6.07) is 3.87. The molecule has 106 valence electrons. The zero-order chi connectivity index (χ0) is 14.0. The number of aryl methyl sites for hydroxylation is 1. The third-order valence-electron chi connectivity index (χ3n) is 4.11. The van der Waals surface area contributed by atoms with Crippen LogP contribution in [0.3, 0.4) is 0 Å². The van der Waals surface area contributed by atoms with Crippen LogP contribution in [0, 0.1) is 18.7 Å². The van der Waals surface area contributed by atoms with Crippen molar-refractivity contribution < 1.29 is 4.39 Å². The van der Waals surface area contributed by atoms with Gasteiger partial charge in [-0.3, -0.25) is 0 Å². The number of halogens is 1. The van der Waals surface area contributed by atoms with Gasteiger partial charge in [-0.1, -0.05) is 0 Å². The third-order valence-corrected chi connectivity index (χ3v) is 4.11. The smallest absolute Gasteiger partial charge is 0.126 e. The number of benzene rings is 1. The Kier molecular flexibility index (Phi) is 4.46. The molecule has 0 radical (unpaired) electrons. The highest BCUT2D eigenvalue weighted by Gasteiger charge is 2.25. The van der Waals surface area contributed by atoms with Crippen LogP contribution >= 0.6 is 0 Å². The van der Waals surface area contributed by atoms with Crippen molar-refractivity contribution in [2.45, 2.75) is 39.7 Å². The first-order valence-electron chi connectivity index (χ1n) is 7.29. The Hall–Kier alpha value is -1.09. The first kappa shape index (κ1) is 14.3. The zero-order valence-corrected chi connectivity index (χ0v) is 12.5. The molecule has 1 unspecified atom stereocenters. The van der Waals surface area contributed by atoms with Crippen molar-refractivity contribution in [1.82, 2.24) is 5.32 Å². The molecule has 0 bridgehead atoms. The molecule has 1 aromatic carbocycles. The molecule has 2 rings (SSSR count). The lowest BCUT2D eigenvalue weighted by Gasteiger charge is -2.28. The molecule has 2 nitrogen and oxygen atoms in total. The second-order valence-electron chi connectivity index (χ2n) is 5.65. The van der Waals surface area contributed by atoms with Gasteiger partial charge in [0.25, 0.3) is 0 Å². The molecule has 3 heteroatoms. The molecular weight excluding hydrogens is 239 g/mol. The van der Waals surface area contributed by atoms with Crippen molar-refractivity contribution in [1.29, 1.82) is 0 Å². The molecule has 0 saturated heterocycles. The Morgan fingerprint density at radius 1 is 1.42 bits per heavy atom. The van der Waals surface area contributed by atoms with Crippen LogP contribution in [0.5, 0.6) is 0 Å². The molecule has 0 aliphatic heterocycles. The van der Waals surface area contributed by atoms with Gasteiger partial charge in [0.1, 0.15) is 5.82 Å². The Bertz CT molecular complexity index is 441. The second-order valence-corrected chi connectivity index (χ2v) is 5.65. The lowest BCUT2D eigenvalue weighted by Crippen LogP contribution is -2.28. The van der Waals surface area contributed by atoms with Gasteiger partial charge in [-0.25, -0.2) is 4.39 Å². The van der Waals surface area contributed by atoms with Crippen LogP contribution in [0.2, 0.25) is 0 Å². The Morgan fingerprint density at radius 3 is 2.63 bits per heavy atom. The number of hydrogen-bond acceptors (Lipinski definition) is 2. The van der Waals surface area contributed by atoms with Gasteiger partial charge < -0.3 is 10.2 Å². The average molecular weight is 264 g/mol. The SMILES string of the molecule is CCN(CC1CC1)c1cc(C)c(F)cc1C(C)NC. The summed E-state index contributed by atoms with van der Waals surface area (Å²) in [5.74, 6) is 0.728. The lowest BCUT2D eigenvalue weighted by atomic mass is 10.0. The van der Waals surface area contributed by atoms with Crippen molar-refractivity contribution in [2.24, 2.45) is 5.92 Å². The molecule has 1 fully saturated rings. The molecule has 1 atom stereocenters. The van der Waals surface area contributed by atoms with Gasteiger partial charge in [0, 0.05) is 24.8 Å². The predicted octanol–water partition coefficient (Wildman–Crippen LogP) is 3.65. The monoisotopic (exact) mass is 264 g/mol. The topological polar surface area (TPSA) is 15.3 Å². The van der Waals surface area contributed by atoms with E-state index in [1.54, 1.807) is 6.07 Å². The standard InChI is InChI=1S/C16H25FN2/c1-5-19(10-13-6-7-13)16-8-11(2)15(17)9-14(16)12(3)18-4/h8-9,12-13,18H,5-7,10H2,1-4H3. The summed E-state index contributed by atoms with van der Waals surface area (Å²) >= 11 is 0. The van der Waals surface area contributed by atoms with Crippen LogP contribution in [0.15, 0.2) is 12.1 Å². The molecular formula is C16H25FN2. The van der Waals surface area contributed by atoms with E-state index in [2.05, 4.69) is 24.1 Å². The average Bonchev–Trinajstić information content (AvgIpc) is 3.22. The fourth-order valence-corrected chi connectivity index (χ4v) is 2.47. The van der Waals surface area contributed by atoms with Gasteiger partial charge in [-0.2, -0.15) is 0 Å². The van der Waals surface area contributed by atoms with Crippen molar-refractivity contribution in [2.75, 3.05) is 25.0 Å². The van der Waals surface area contributed by atoms with Crippen LogP contribution in [-0.4, -0.2) is 20.1 Å². The van der Waals surface area contributed by atoms with Gasteiger partial charge in [-0.15, -0.1) is 0 Å². The van der Waals surface area contributed by atoms with Crippen molar-refractivity contribution in [3.8, 4) is 0 Å². The molecule has 1 saturated carbocycles. The zero-order valence-electron chi connectivity index (χ0n) is 12.5. The lowest BCUT2D eigenvalue weighted by molar-refractivity contribution is 0.598. The predicted molar refractivity (Wildman–Crippen MR) is 79.2 cm³/mol. The maximum Gasteiger partial charge on any atom is 0.126 e. The van der Waals surface area contributed by atoms with E-state index in [-0.39, 0.29) is 11.9 Å². The van der Waals surface area contributed by atoms with Crippen molar-refractivity contribution in [3.05, 3.63) is 29.1 Å². The molecule has 0 heterocycles. The van der Waals surface area contributed by atoms with Crippen LogP contribution in [0.4, 0.5) is 10.1 Å². The van der Waals surface area contributed by atoms with E-state index in [1.807, 2.05) is 20.0 Å². The van der Waals surface area contributed by atoms with Gasteiger partial charge in [0.05, 0.1) is 0 Å². The molecule has 0 aromatic heterocycles. The van der Waals surface area contributed by atoms with E-state index in [1.165, 1.54) is 18.5 Å².